The quantitative estimate of drug-likeness (QED) is 0.645. The highest BCUT2D eigenvalue weighted by Crippen LogP contribution is 2.37. The van der Waals surface area contributed by atoms with Crippen molar-refractivity contribution in [3.8, 4) is 0 Å². The molecule has 0 bridgehead atoms. The van der Waals surface area contributed by atoms with Crippen LogP contribution in [0.5, 0.6) is 0 Å². The predicted molar refractivity (Wildman–Crippen MR) is 69.6 cm³/mol. The maximum Gasteiger partial charge on any atom is 0.231 e. The van der Waals surface area contributed by atoms with Crippen molar-refractivity contribution in [1.82, 2.24) is 9.80 Å². The number of rotatable bonds is 0. The molecule has 0 aromatic rings. The smallest absolute Gasteiger partial charge is 0.231 e. The number of carbonyl (C=O) groups is 1. The molecule has 0 saturated carbocycles. The fourth-order valence-corrected chi connectivity index (χ4v) is 2.72. The minimum Gasteiger partial charge on any atom is -0.309 e. The fourth-order valence-electron chi connectivity index (χ4n) is 2.72. The van der Waals surface area contributed by atoms with Gasteiger partial charge in [-0.05, 0) is 47.1 Å². The third kappa shape index (κ3) is 2.13. The largest absolute Gasteiger partial charge is 0.309 e. The summed E-state index contributed by atoms with van der Waals surface area (Å²) in [5, 5.41) is 0. The van der Waals surface area contributed by atoms with Crippen molar-refractivity contribution in [2.75, 3.05) is 13.1 Å². The van der Waals surface area contributed by atoms with E-state index >= 15 is 0 Å². The molecule has 2 aliphatic heterocycles. The number of nitrogens with zero attached hydrogens (tertiary/aromatic N) is 2. The lowest BCUT2D eigenvalue weighted by Crippen LogP contribution is -2.47. The van der Waals surface area contributed by atoms with Gasteiger partial charge >= 0.3 is 0 Å². The first-order valence-corrected chi connectivity index (χ1v) is 6.40. The van der Waals surface area contributed by atoms with Crippen LogP contribution in [0.25, 0.3) is 0 Å². The number of hydrogen-bond acceptors (Lipinski definition) is 2. The Labute approximate surface area is 104 Å². The molecule has 96 valence electrons. The third-order valence-corrected chi connectivity index (χ3v) is 3.63. The van der Waals surface area contributed by atoms with Gasteiger partial charge in [-0.1, -0.05) is 0 Å². The highest BCUT2D eigenvalue weighted by Gasteiger charge is 2.43. The Kier molecular flexibility index (Phi) is 2.66. The maximum atomic E-state index is 12.1. The monoisotopic (exact) mass is 236 g/mol. The predicted octanol–water partition coefficient (Wildman–Crippen LogP) is 2.39. The molecule has 0 aromatic heterocycles. The molecule has 3 heteroatoms. The van der Waals surface area contributed by atoms with E-state index in [0.717, 1.165) is 13.1 Å². The molecule has 0 unspecified atom stereocenters. The van der Waals surface area contributed by atoms with Crippen LogP contribution in [-0.4, -0.2) is 39.9 Å². The SMILES string of the molecule is CC(C)(C)N1CC2=C(C1)N(C(C)(C)C)C(=O)C2. The Bertz CT molecular complexity index is 382. The van der Waals surface area contributed by atoms with E-state index in [2.05, 4.69) is 46.4 Å². The topological polar surface area (TPSA) is 23.6 Å². The second-order valence-corrected chi connectivity index (χ2v) is 7.15. The van der Waals surface area contributed by atoms with Crippen LogP contribution >= 0.6 is 0 Å². The summed E-state index contributed by atoms with van der Waals surface area (Å²) >= 11 is 0. The summed E-state index contributed by atoms with van der Waals surface area (Å²) in [4.78, 5) is 16.5. The molecule has 0 aromatic carbocycles. The van der Waals surface area contributed by atoms with Crippen LogP contribution < -0.4 is 0 Å². The summed E-state index contributed by atoms with van der Waals surface area (Å²) in [6, 6.07) is 0. The van der Waals surface area contributed by atoms with Gasteiger partial charge in [0.2, 0.25) is 5.91 Å². The average Bonchev–Trinajstić information content (AvgIpc) is 2.54. The molecule has 2 heterocycles. The Morgan fingerprint density at radius 3 is 2.00 bits per heavy atom. The van der Waals surface area contributed by atoms with Crippen molar-refractivity contribution >= 4 is 5.91 Å². The Balaban J connectivity index is 2.22. The Morgan fingerprint density at radius 2 is 1.53 bits per heavy atom. The van der Waals surface area contributed by atoms with Crippen molar-refractivity contribution < 1.29 is 4.79 Å². The van der Waals surface area contributed by atoms with E-state index in [0.29, 0.717) is 6.42 Å². The van der Waals surface area contributed by atoms with E-state index in [1.165, 1.54) is 11.3 Å². The minimum atomic E-state index is -0.0952. The van der Waals surface area contributed by atoms with Crippen molar-refractivity contribution in [2.24, 2.45) is 0 Å². The number of carbonyl (C=O) groups excluding carboxylic acids is 1. The van der Waals surface area contributed by atoms with Crippen molar-refractivity contribution in [1.29, 1.82) is 0 Å². The molecule has 0 N–H and O–H groups in total. The molecule has 0 fully saturated rings. The summed E-state index contributed by atoms with van der Waals surface area (Å²) in [5.74, 6) is 0.274. The first kappa shape index (κ1) is 12.6. The molecule has 2 aliphatic rings. The Morgan fingerprint density at radius 1 is 0.941 bits per heavy atom. The first-order chi connectivity index (χ1) is 7.60. The van der Waals surface area contributed by atoms with Gasteiger partial charge in [-0.15, -0.1) is 0 Å². The second kappa shape index (κ2) is 3.58. The molecule has 0 spiro atoms. The van der Waals surface area contributed by atoms with Gasteiger partial charge in [-0.3, -0.25) is 9.69 Å². The molecule has 0 radical (unpaired) electrons. The summed E-state index contributed by atoms with van der Waals surface area (Å²) in [5.41, 5.74) is 2.68. The summed E-state index contributed by atoms with van der Waals surface area (Å²) < 4.78 is 0. The Hall–Kier alpha value is -0.830. The normalized spacial score (nSPS) is 22.7. The van der Waals surface area contributed by atoms with E-state index in [1.54, 1.807) is 0 Å². The summed E-state index contributed by atoms with van der Waals surface area (Å²) in [7, 11) is 0. The highest BCUT2D eigenvalue weighted by atomic mass is 16.2. The van der Waals surface area contributed by atoms with E-state index < -0.39 is 0 Å². The van der Waals surface area contributed by atoms with E-state index in [1.807, 2.05) is 4.90 Å². The highest BCUT2D eigenvalue weighted by molar-refractivity contribution is 5.85. The average molecular weight is 236 g/mol. The van der Waals surface area contributed by atoms with Gasteiger partial charge in [-0.25, -0.2) is 0 Å². The van der Waals surface area contributed by atoms with Crippen molar-refractivity contribution in [2.45, 2.75) is 59.0 Å². The number of hydrogen-bond donors (Lipinski definition) is 0. The van der Waals surface area contributed by atoms with Crippen molar-refractivity contribution in [3.63, 3.8) is 0 Å². The molecule has 0 saturated heterocycles. The zero-order valence-corrected chi connectivity index (χ0v) is 11.9. The van der Waals surface area contributed by atoms with Gasteiger partial charge in [0.25, 0.3) is 0 Å². The lowest BCUT2D eigenvalue weighted by atomic mass is 10.0. The molecule has 1 amide bonds. The van der Waals surface area contributed by atoms with E-state index in [9.17, 15) is 4.79 Å². The van der Waals surface area contributed by atoms with Gasteiger partial charge in [0.15, 0.2) is 0 Å². The second-order valence-electron chi connectivity index (χ2n) is 7.15. The molecular formula is C14H24N2O. The zero-order valence-electron chi connectivity index (χ0n) is 11.9. The van der Waals surface area contributed by atoms with Crippen LogP contribution in [-0.2, 0) is 4.79 Å². The molecule has 0 aliphatic carbocycles. The molecule has 3 nitrogen and oxygen atoms in total. The van der Waals surface area contributed by atoms with Gasteiger partial charge in [0, 0.05) is 29.9 Å². The van der Waals surface area contributed by atoms with Crippen LogP contribution in [0.3, 0.4) is 0 Å². The first-order valence-electron chi connectivity index (χ1n) is 6.40. The lowest BCUT2D eigenvalue weighted by Gasteiger charge is -2.37. The van der Waals surface area contributed by atoms with Gasteiger partial charge in [-0.2, -0.15) is 0 Å². The van der Waals surface area contributed by atoms with Crippen LogP contribution in [0.15, 0.2) is 11.3 Å². The van der Waals surface area contributed by atoms with Gasteiger partial charge in [0.1, 0.15) is 0 Å². The molecule has 2 rings (SSSR count). The van der Waals surface area contributed by atoms with Gasteiger partial charge in [0.05, 0.1) is 6.42 Å². The maximum absolute atomic E-state index is 12.1. The third-order valence-electron chi connectivity index (χ3n) is 3.63. The molecule has 17 heavy (non-hydrogen) atoms. The molecular weight excluding hydrogens is 212 g/mol. The van der Waals surface area contributed by atoms with Gasteiger partial charge < -0.3 is 4.90 Å². The minimum absolute atomic E-state index is 0.0952. The van der Waals surface area contributed by atoms with Crippen molar-refractivity contribution in [3.05, 3.63) is 11.3 Å². The van der Waals surface area contributed by atoms with E-state index in [-0.39, 0.29) is 17.0 Å². The van der Waals surface area contributed by atoms with Crippen LogP contribution in [0.4, 0.5) is 0 Å². The van der Waals surface area contributed by atoms with Crippen LogP contribution in [0, 0.1) is 0 Å². The number of amides is 1. The molecule has 0 atom stereocenters. The summed E-state index contributed by atoms with van der Waals surface area (Å²) in [6.45, 7) is 14.9. The standard InChI is InChI=1S/C14H24N2O/c1-13(2,3)15-8-10-7-12(17)16(11(10)9-15)14(4,5)6/h7-9H2,1-6H3. The lowest BCUT2D eigenvalue weighted by molar-refractivity contribution is -0.131. The fraction of sp³-hybridized carbons (Fsp3) is 0.786. The van der Waals surface area contributed by atoms with E-state index in [4.69, 9.17) is 0 Å². The van der Waals surface area contributed by atoms with Crippen LogP contribution in [0.1, 0.15) is 48.0 Å². The zero-order chi connectivity index (χ0) is 13.0. The van der Waals surface area contributed by atoms with Crippen LogP contribution in [0.2, 0.25) is 0 Å². The summed E-state index contributed by atoms with van der Waals surface area (Å²) in [6.07, 6.45) is 0.624.